The summed E-state index contributed by atoms with van der Waals surface area (Å²) < 4.78 is 28.5. The van der Waals surface area contributed by atoms with Gasteiger partial charge in [-0.25, -0.2) is 0 Å². The Kier molecular flexibility index (Phi) is 19.1. The van der Waals surface area contributed by atoms with E-state index in [0.717, 1.165) is 12.5 Å². The summed E-state index contributed by atoms with van der Waals surface area (Å²) in [7, 11) is 3.40. The molecule has 0 rings (SSSR count). The first kappa shape index (κ1) is 29.2. The van der Waals surface area contributed by atoms with Crippen LogP contribution in [0.4, 0.5) is 0 Å². The van der Waals surface area contributed by atoms with Crippen LogP contribution in [0.15, 0.2) is 0 Å². The van der Waals surface area contributed by atoms with Crippen LogP contribution < -0.4 is 0 Å². The zero-order valence-corrected chi connectivity index (χ0v) is 22.4. The van der Waals surface area contributed by atoms with Crippen LogP contribution in [-0.2, 0) is 22.1 Å². The Balaban J connectivity index is 3.84. The molecule has 0 aliphatic carbocycles. The lowest BCUT2D eigenvalue weighted by molar-refractivity contribution is 0.122. The molecule has 0 amide bonds. The van der Waals surface area contributed by atoms with Crippen molar-refractivity contribution >= 4 is 17.4 Å². The number of hydrogen-bond donors (Lipinski definition) is 0. The minimum Gasteiger partial charge on any atom is -0.398 e. The summed E-state index contributed by atoms with van der Waals surface area (Å²) in [5.74, 6) is 0. The zero-order chi connectivity index (χ0) is 21.8. The van der Waals surface area contributed by atoms with Crippen molar-refractivity contribution in [3.8, 4) is 0 Å². The molecule has 0 unspecified atom stereocenters. The monoisotopic (exact) mass is 450 g/mol. The predicted molar refractivity (Wildman–Crippen MR) is 126 cm³/mol. The molecule has 29 heavy (non-hydrogen) atoms. The molecule has 176 valence electrons. The maximum Gasteiger partial charge on any atom is 0.502 e. The third-order valence-electron chi connectivity index (χ3n) is 6.07. The first-order chi connectivity index (χ1) is 14.1. The SMILES string of the molecule is CCCCCCCCCCCCCCCC[Si](C[Si](OC)(OC)OC)(OC)OC. The molecular formula is C22H50O5Si2. The lowest BCUT2D eigenvalue weighted by atomic mass is 10.0. The molecule has 0 aliphatic heterocycles. The molecule has 5 nitrogen and oxygen atoms in total. The van der Waals surface area contributed by atoms with Crippen LogP contribution in [0, 0.1) is 0 Å². The number of hydrogen-bond acceptors (Lipinski definition) is 5. The largest absolute Gasteiger partial charge is 0.502 e. The molecule has 0 fully saturated rings. The molecule has 0 aliphatic rings. The van der Waals surface area contributed by atoms with Gasteiger partial charge in [-0.1, -0.05) is 96.8 Å². The van der Waals surface area contributed by atoms with Crippen LogP contribution in [0.5, 0.6) is 0 Å². The summed E-state index contributed by atoms with van der Waals surface area (Å²) in [6.45, 7) is 2.28. The van der Waals surface area contributed by atoms with Crippen molar-refractivity contribution in [2.24, 2.45) is 0 Å². The Labute approximate surface area is 183 Å². The van der Waals surface area contributed by atoms with Gasteiger partial charge in [-0.3, -0.25) is 0 Å². The molecule has 0 bridgehead atoms. The Morgan fingerprint density at radius 1 is 0.448 bits per heavy atom. The van der Waals surface area contributed by atoms with Crippen LogP contribution in [0.1, 0.15) is 96.8 Å². The summed E-state index contributed by atoms with van der Waals surface area (Å²) in [6.07, 6.45) is 19.1. The molecule has 0 radical (unpaired) electrons. The van der Waals surface area contributed by atoms with Crippen molar-refractivity contribution in [3.63, 3.8) is 0 Å². The van der Waals surface area contributed by atoms with Gasteiger partial charge in [-0.15, -0.1) is 0 Å². The van der Waals surface area contributed by atoms with Gasteiger partial charge in [-0.2, -0.15) is 0 Å². The standard InChI is InChI=1S/C22H50O5Si2/c1-7-8-9-10-11-12-13-14-15-16-17-18-19-20-21-28(23-2,24-3)22-29(25-4,26-5)27-6/h7-22H2,1-6H3. The van der Waals surface area contributed by atoms with Crippen molar-refractivity contribution < 1.29 is 22.1 Å². The second kappa shape index (κ2) is 19.0. The summed E-state index contributed by atoms with van der Waals surface area (Å²) in [6, 6.07) is 0.961. The van der Waals surface area contributed by atoms with Crippen molar-refractivity contribution in [3.05, 3.63) is 0 Å². The predicted octanol–water partition coefficient (Wildman–Crippen LogP) is 6.62. The highest BCUT2D eigenvalue weighted by atomic mass is 28.4. The Hall–Kier alpha value is 0.234. The Bertz CT molecular complexity index is 342. The fourth-order valence-corrected chi connectivity index (χ4v) is 12.0. The van der Waals surface area contributed by atoms with E-state index in [9.17, 15) is 0 Å². The molecule has 0 aromatic carbocycles. The maximum atomic E-state index is 5.87. The summed E-state index contributed by atoms with van der Waals surface area (Å²) in [4.78, 5) is 0. The molecule has 7 heteroatoms. The maximum absolute atomic E-state index is 5.87. The van der Waals surface area contributed by atoms with Gasteiger partial charge in [0.1, 0.15) is 0 Å². The molecule has 0 N–H and O–H groups in total. The quantitative estimate of drug-likeness (QED) is 0.137. The third-order valence-corrected chi connectivity index (χ3v) is 14.4. The summed E-state index contributed by atoms with van der Waals surface area (Å²) in [5.41, 5.74) is 0.634. The topological polar surface area (TPSA) is 46.2 Å². The highest BCUT2D eigenvalue weighted by Crippen LogP contribution is 2.28. The third kappa shape index (κ3) is 13.3. The van der Waals surface area contributed by atoms with E-state index in [2.05, 4.69) is 6.92 Å². The van der Waals surface area contributed by atoms with Crippen LogP contribution in [0.3, 0.4) is 0 Å². The second-order valence-corrected chi connectivity index (χ2v) is 15.3. The van der Waals surface area contributed by atoms with E-state index in [1.165, 1.54) is 83.5 Å². The minimum atomic E-state index is -2.69. The highest BCUT2D eigenvalue weighted by Gasteiger charge is 2.51. The normalized spacial score (nSPS) is 12.6. The van der Waals surface area contributed by atoms with Gasteiger partial charge in [0.25, 0.3) is 0 Å². The van der Waals surface area contributed by atoms with Crippen molar-refractivity contribution in [1.82, 2.24) is 0 Å². The average molecular weight is 451 g/mol. The lowest BCUT2D eigenvalue weighted by Gasteiger charge is -2.34. The van der Waals surface area contributed by atoms with E-state index in [-0.39, 0.29) is 0 Å². The van der Waals surface area contributed by atoms with E-state index >= 15 is 0 Å². The first-order valence-corrected chi connectivity index (χ1v) is 16.0. The van der Waals surface area contributed by atoms with E-state index < -0.39 is 17.4 Å². The van der Waals surface area contributed by atoms with E-state index in [1.807, 2.05) is 0 Å². The van der Waals surface area contributed by atoms with E-state index in [0.29, 0.717) is 5.67 Å². The average Bonchev–Trinajstić information content (AvgIpc) is 2.76. The first-order valence-electron chi connectivity index (χ1n) is 11.8. The van der Waals surface area contributed by atoms with Gasteiger partial charge in [0.05, 0.1) is 5.67 Å². The van der Waals surface area contributed by atoms with Crippen LogP contribution >= 0.6 is 0 Å². The van der Waals surface area contributed by atoms with Crippen molar-refractivity contribution in [2.45, 2.75) is 109 Å². The molecular weight excluding hydrogens is 400 g/mol. The fourth-order valence-electron chi connectivity index (χ4n) is 3.91. The van der Waals surface area contributed by atoms with Crippen molar-refractivity contribution in [1.29, 1.82) is 0 Å². The van der Waals surface area contributed by atoms with Crippen LogP contribution in [0.25, 0.3) is 0 Å². The molecule has 0 heterocycles. The molecule has 0 saturated carbocycles. The minimum absolute atomic E-state index is 0.634. The summed E-state index contributed by atoms with van der Waals surface area (Å²) >= 11 is 0. The van der Waals surface area contributed by atoms with E-state index in [1.54, 1.807) is 35.5 Å². The van der Waals surface area contributed by atoms with Gasteiger partial charge in [0.2, 0.25) is 0 Å². The summed E-state index contributed by atoms with van der Waals surface area (Å²) in [5, 5.41) is 0. The molecule has 0 saturated heterocycles. The van der Waals surface area contributed by atoms with Gasteiger partial charge in [0.15, 0.2) is 0 Å². The Morgan fingerprint density at radius 3 is 1.10 bits per heavy atom. The van der Waals surface area contributed by atoms with Gasteiger partial charge < -0.3 is 22.1 Å². The molecule has 0 atom stereocenters. The highest BCUT2D eigenvalue weighted by molar-refractivity contribution is 6.83. The van der Waals surface area contributed by atoms with Crippen LogP contribution in [0.2, 0.25) is 11.7 Å². The van der Waals surface area contributed by atoms with Crippen LogP contribution in [-0.4, -0.2) is 52.9 Å². The number of rotatable bonds is 22. The smallest absolute Gasteiger partial charge is 0.398 e. The molecule has 0 aromatic heterocycles. The zero-order valence-electron chi connectivity index (χ0n) is 20.4. The van der Waals surface area contributed by atoms with E-state index in [4.69, 9.17) is 22.1 Å². The van der Waals surface area contributed by atoms with Crippen molar-refractivity contribution in [2.75, 3.05) is 35.5 Å². The number of unbranched alkanes of at least 4 members (excludes halogenated alkanes) is 13. The Morgan fingerprint density at radius 2 is 0.793 bits per heavy atom. The molecule has 0 spiro atoms. The molecule has 0 aromatic rings. The fraction of sp³-hybridized carbons (Fsp3) is 1.00. The second-order valence-electron chi connectivity index (χ2n) is 8.14. The van der Waals surface area contributed by atoms with Gasteiger partial charge >= 0.3 is 17.4 Å². The van der Waals surface area contributed by atoms with Gasteiger partial charge in [-0.05, 0) is 6.04 Å². The van der Waals surface area contributed by atoms with Gasteiger partial charge in [0, 0.05) is 35.5 Å². The lowest BCUT2D eigenvalue weighted by Crippen LogP contribution is -2.54.